The van der Waals surface area contributed by atoms with Crippen LogP contribution in [0.25, 0.3) is 5.69 Å². The summed E-state index contributed by atoms with van der Waals surface area (Å²) in [5, 5.41) is 15.0. The van der Waals surface area contributed by atoms with Crippen molar-refractivity contribution in [2.24, 2.45) is 0 Å². The number of carbonyl (C=O) groups excluding carboxylic acids is 2. The molecule has 0 saturated carbocycles. The molecule has 1 amide bonds. The van der Waals surface area contributed by atoms with Gasteiger partial charge in [-0.3, -0.25) is 4.79 Å². The van der Waals surface area contributed by atoms with Crippen LogP contribution in [0.3, 0.4) is 0 Å². The summed E-state index contributed by atoms with van der Waals surface area (Å²) < 4.78 is 19.2. The lowest BCUT2D eigenvalue weighted by molar-refractivity contribution is -0.124. The lowest BCUT2D eigenvalue weighted by Crippen LogP contribution is -2.28. The second kappa shape index (κ2) is 7.62. The van der Waals surface area contributed by atoms with Crippen molar-refractivity contribution in [3.63, 3.8) is 0 Å². The molecule has 0 spiro atoms. The van der Waals surface area contributed by atoms with Crippen LogP contribution in [0, 0.1) is 5.82 Å². The molecule has 1 aromatic carbocycles. The van der Waals surface area contributed by atoms with Crippen molar-refractivity contribution in [3.8, 4) is 5.69 Å². The molecular formula is C15H12FN5O3S. The fourth-order valence-corrected chi connectivity index (χ4v) is 2.73. The van der Waals surface area contributed by atoms with E-state index in [1.807, 2.05) is 0 Å². The molecule has 0 atom stereocenters. The Hall–Kier alpha value is -3.14. The Morgan fingerprint density at radius 3 is 2.76 bits per heavy atom. The van der Waals surface area contributed by atoms with E-state index in [1.165, 1.54) is 23.1 Å². The number of ether oxygens (including phenoxy) is 1. The molecule has 128 valence electrons. The molecule has 8 nitrogen and oxygen atoms in total. The quantitative estimate of drug-likeness (QED) is 0.665. The minimum Gasteiger partial charge on any atom is -0.451 e. The summed E-state index contributed by atoms with van der Waals surface area (Å²) in [5.41, 5.74) is 1.21. The number of carbonyl (C=O) groups is 2. The topological polar surface area (TPSA) is 99.0 Å². The van der Waals surface area contributed by atoms with Gasteiger partial charge in [0.25, 0.3) is 5.91 Å². The van der Waals surface area contributed by atoms with E-state index in [4.69, 9.17) is 4.74 Å². The Morgan fingerprint density at radius 2 is 2.04 bits per heavy atom. The number of hydrogen-bond donors (Lipinski definition) is 1. The molecule has 0 fully saturated rings. The Bertz CT molecular complexity index is 864. The van der Waals surface area contributed by atoms with Crippen LogP contribution in [-0.2, 0) is 16.1 Å². The number of esters is 1. The SMILES string of the molecule is O=C(COC(=O)c1sccc1-n1cnnn1)NCc1ccc(F)cc1. The van der Waals surface area contributed by atoms with Crippen molar-refractivity contribution in [3.05, 3.63) is 58.3 Å². The van der Waals surface area contributed by atoms with Gasteiger partial charge in [0, 0.05) is 6.54 Å². The van der Waals surface area contributed by atoms with Gasteiger partial charge in [0.2, 0.25) is 0 Å². The van der Waals surface area contributed by atoms with Gasteiger partial charge in [-0.2, -0.15) is 4.68 Å². The first-order valence-corrected chi connectivity index (χ1v) is 8.00. The van der Waals surface area contributed by atoms with Crippen LogP contribution in [-0.4, -0.2) is 38.7 Å². The zero-order valence-electron chi connectivity index (χ0n) is 12.8. The van der Waals surface area contributed by atoms with E-state index in [1.54, 1.807) is 23.6 Å². The summed E-state index contributed by atoms with van der Waals surface area (Å²) in [6, 6.07) is 7.40. The van der Waals surface area contributed by atoms with Crippen LogP contribution in [0.15, 0.2) is 42.0 Å². The standard InChI is InChI=1S/C15H12FN5O3S/c16-11-3-1-10(2-4-11)7-17-13(22)8-24-15(23)14-12(5-6-25-14)21-9-18-19-20-21/h1-6,9H,7-8H2,(H,17,22). The van der Waals surface area contributed by atoms with Gasteiger partial charge in [-0.05, 0) is 39.6 Å². The molecule has 3 rings (SSSR count). The Morgan fingerprint density at radius 1 is 1.24 bits per heavy atom. The summed E-state index contributed by atoms with van der Waals surface area (Å²) in [6.07, 6.45) is 1.36. The van der Waals surface area contributed by atoms with Crippen molar-refractivity contribution >= 4 is 23.2 Å². The Labute approximate surface area is 145 Å². The molecule has 3 aromatic rings. The highest BCUT2D eigenvalue weighted by molar-refractivity contribution is 7.12. The molecule has 0 aliphatic rings. The zero-order valence-corrected chi connectivity index (χ0v) is 13.6. The van der Waals surface area contributed by atoms with Gasteiger partial charge in [-0.1, -0.05) is 12.1 Å². The maximum absolute atomic E-state index is 12.8. The number of aromatic nitrogens is 4. The zero-order chi connectivity index (χ0) is 17.6. The lowest BCUT2D eigenvalue weighted by Gasteiger charge is -2.07. The minimum absolute atomic E-state index is 0.214. The van der Waals surface area contributed by atoms with E-state index in [0.29, 0.717) is 10.6 Å². The monoisotopic (exact) mass is 361 g/mol. The molecule has 0 aliphatic heterocycles. The average Bonchev–Trinajstić information content (AvgIpc) is 3.29. The normalized spacial score (nSPS) is 10.4. The molecule has 2 heterocycles. The number of thiophene rings is 1. The molecule has 10 heteroatoms. The number of hydrogen-bond acceptors (Lipinski definition) is 7. The highest BCUT2D eigenvalue weighted by atomic mass is 32.1. The van der Waals surface area contributed by atoms with Gasteiger partial charge < -0.3 is 10.1 Å². The smallest absolute Gasteiger partial charge is 0.351 e. The van der Waals surface area contributed by atoms with Crippen molar-refractivity contribution < 1.29 is 18.7 Å². The van der Waals surface area contributed by atoms with Crippen molar-refractivity contribution in [1.82, 2.24) is 25.5 Å². The Balaban J connectivity index is 1.51. The van der Waals surface area contributed by atoms with E-state index >= 15 is 0 Å². The largest absolute Gasteiger partial charge is 0.451 e. The first kappa shape index (κ1) is 16.7. The molecule has 2 aromatic heterocycles. The summed E-state index contributed by atoms with van der Waals surface area (Å²) in [6.45, 7) is -0.210. The maximum Gasteiger partial charge on any atom is 0.351 e. The molecule has 0 aliphatic carbocycles. The predicted octanol–water partition coefficient (Wildman–Crippen LogP) is 1.34. The van der Waals surface area contributed by atoms with Gasteiger partial charge >= 0.3 is 5.97 Å². The van der Waals surface area contributed by atoms with E-state index in [2.05, 4.69) is 20.8 Å². The lowest BCUT2D eigenvalue weighted by atomic mass is 10.2. The van der Waals surface area contributed by atoms with E-state index in [0.717, 1.165) is 16.9 Å². The first-order valence-electron chi connectivity index (χ1n) is 7.12. The maximum atomic E-state index is 12.8. The van der Waals surface area contributed by atoms with Crippen molar-refractivity contribution in [1.29, 1.82) is 0 Å². The van der Waals surface area contributed by atoms with Crippen LogP contribution in [0.2, 0.25) is 0 Å². The molecule has 0 radical (unpaired) electrons. The predicted molar refractivity (Wildman–Crippen MR) is 85.6 cm³/mol. The first-order chi connectivity index (χ1) is 12.1. The summed E-state index contributed by atoms with van der Waals surface area (Å²) in [5.74, 6) is -1.45. The minimum atomic E-state index is -0.641. The van der Waals surface area contributed by atoms with E-state index in [-0.39, 0.29) is 12.4 Å². The second-order valence-corrected chi connectivity index (χ2v) is 5.78. The number of rotatable bonds is 6. The van der Waals surface area contributed by atoms with E-state index in [9.17, 15) is 14.0 Å². The third-order valence-corrected chi connectivity index (χ3v) is 4.05. The van der Waals surface area contributed by atoms with Crippen LogP contribution >= 0.6 is 11.3 Å². The molecule has 0 bridgehead atoms. The van der Waals surface area contributed by atoms with Crippen molar-refractivity contribution in [2.75, 3.05) is 6.61 Å². The van der Waals surface area contributed by atoms with Gasteiger partial charge in [-0.15, -0.1) is 16.4 Å². The fraction of sp³-hybridized carbons (Fsp3) is 0.133. The van der Waals surface area contributed by atoms with Crippen molar-refractivity contribution in [2.45, 2.75) is 6.54 Å². The van der Waals surface area contributed by atoms with Crippen LogP contribution in [0.5, 0.6) is 0 Å². The van der Waals surface area contributed by atoms with Crippen LogP contribution < -0.4 is 5.32 Å². The summed E-state index contributed by atoms with van der Waals surface area (Å²) >= 11 is 1.16. The fourth-order valence-electron chi connectivity index (χ4n) is 1.96. The molecular weight excluding hydrogens is 349 g/mol. The second-order valence-electron chi connectivity index (χ2n) is 4.87. The third kappa shape index (κ3) is 4.23. The number of benzene rings is 1. The molecule has 1 N–H and O–H groups in total. The summed E-state index contributed by atoms with van der Waals surface area (Å²) in [7, 11) is 0. The highest BCUT2D eigenvalue weighted by Gasteiger charge is 2.18. The molecule has 0 unspecified atom stereocenters. The van der Waals surface area contributed by atoms with Gasteiger partial charge in [0.05, 0.1) is 5.69 Å². The van der Waals surface area contributed by atoms with Gasteiger partial charge in [-0.25, -0.2) is 9.18 Å². The number of nitrogens with zero attached hydrogens (tertiary/aromatic N) is 4. The van der Waals surface area contributed by atoms with Gasteiger partial charge in [0.1, 0.15) is 17.0 Å². The number of nitrogens with one attached hydrogen (secondary N) is 1. The molecule has 0 saturated heterocycles. The van der Waals surface area contributed by atoms with Crippen LogP contribution in [0.4, 0.5) is 4.39 Å². The number of tetrazole rings is 1. The Kier molecular flexibility index (Phi) is 5.09. The third-order valence-electron chi connectivity index (χ3n) is 3.16. The average molecular weight is 361 g/mol. The van der Waals surface area contributed by atoms with E-state index < -0.39 is 18.5 Å². The summed E-state index contributed by atoms with van der Waals surface area (Å²) in [4.78, 5) is 24.2. The highest BCUT2D eigenvalue weighted by Crippen LogP contribution is 2.20. The van der Waals surface area contributed by atoms with Crippen LogP contribution in [0.1, 0.15) is 15.2 Å². The number of amides is 1. The number of halogens is 1. The molecule has 25 heavy (non-hydrogen) atoms. The van der Waals surface area contributed by atoms with Gasteiger partial charge in [0.15, 0.2) is 6.61 Å².